The Hall–Kier alpha value is -3.31. The molecule has 0 aliphatic rings. The molecule has 0 aliphatic heterocycles. The van der Waals surface area contributed by atoms with Crippen molar-refractivity contribution in [2.24, 2.45) is 0 Å². The molecule has 5 nitrogen and oxygen atoms in total. The average molecular weight is 405 g/mol. The molecule has 3 rings (SSSR count). The monoisotopic (exact) mass is 404 g/mol. The fraction of sp³-hybridized carbons (Fsp3) is 0.240. The molecule has 154 valence electrons. The number of pyridine rings is 2. The predicted octanol–water partition coefficient (Wildman–Crippen LogP) is 3.26. The molecule has 0 spiro atoms. The molecule has 0 fully saturated rings. The molecule has 0 bridgehead atoms. The van der Waals surface area contributed by atoms with Gasteiger partial charge in [0.2, 0.25) is 0 Å². The maximum absolute atomic E-state index is 11.4. The Kier molecular flexibility index (Phi) is 7.86. The van der Waals surface area contributed by atoms with Gasteiger partial charge in [-0.2, -0.15) is 0 Å². The summed E-state index contributed by atoms with van der Waals surface area (Å²) in [5.41, 5.74) is 3.89. The molecule has 0 atom stereocenters. The smallest absolute Gasteiger partial charge is 0.333 e. The fourth-order valence-electron chi connectivity index (χ4n) is 2.90. The second-order valence-corrected chi connectivity index (χ2v) is 7.10. The van der Waals surface area contributed by atoms with E-state index in [4.69, 9.17) is 9.47 Å². The third kappa shape index (κ3) is 6.64. The molecule has 0 radical (unpaired) electrons. The lowest BCUT2D eigenvalue weighted by atomic mass is 10.1. The van der Waals surface area contributed by atoms with Crippen LogP contribution in [-0.2, 0) is 34.0 Å². The number of carbonyl (C=O) groups is 1. The van der Waals surface area contributed by atoms with Gasteiger partial charge in [0, 0.05) is 29.8 Å². The van der Waals surface area contributed by atoms with Crippen LogP contribution in [0, 0.1) is 0 Å². The van der Waals surface area contributed by atoms with Crippen LogP contribution in [0.1, 0.15) is 12.5 Å². The van der Waals surface area contributed by atoms with Crippen molar-refractivity contribution in [3.05, 3.63) is 97.1 Å². The number of benzene rings is 1. The number of carbonyl (C=O) groups excluding carboxylic acids is 1. The van der Waals surface area contributed by atoms with E-state index in [2.05, 4.69) is 59.9 Å². The number of rotatable bonds is 10. The maximum atomic E-state index is 11.4. The molecule has 1 aromatic carbocycles. The van der Waals surface area contributed by atoms with E-state index in [0.717, 1.165) is 17.7 Å². The maximum Gasteiger partial charge on any atom is 0.333 e. The number of aromatic nitrogens is 2. The fourth-order valence-corrected chi connectivity index (χ4v) is 2.90. The van der Waals surface area contributed by atoms with Gasteiger partial charge >= 0.3 is 5.97 Å². The molecule has 0 aliphatic carbocycles. The van der Waals surface area contributed by atoms with E-state index in [1.807, 2.05) is 35.2 Å². The minimum Gasteiger partial charge on any atom is -0.456 e. The molecular formula is C25H28N2O3+2. The second-order valence-electron chi connectivity index (χ2n) is 7.10. The zero-order chi connectivity index (χ0) is 21.2. The van der Waals surface area contributed by atoms with Crippen molar-refractivity contribution in [1.29, 1.82) is 0 Å². The van der Waals surface area contributed by atoms with Gasteiger partial charge in [0.25, 0.3) is 0 Å². The Morgan fingerprint density at radius 3 is 1.90 bits per heavy atom. The number of hydrogen-bond acceptors (Lipinski definition) is 3. The molecule has 0 N–H and O–H groups in total. The van der Waals surface area contributed by atoms with Crippen LogP contribution in [0.15, 0.2) is 91.5 Å². The molecule has 0 amide bonds. The molecule has 0 unspecified atom stereocenters. The first-order valence-electron chi connectivity index (χ1n) is 10.0. The number of ether oxygens (including phenoxy) is 2. The van der Waals surface area contributed by atoms with Crippen molar-refractivity contribution in [3.8, 4) is 11.1 Å². The molecule has 3 aromatic rings. The lowest BCUT2D eigenvalue weighted by Crippen LogP contribution is -2.35. The van der Waals surface area contributed by atoms with Crippen LogP contribution < -0.4 is 9.13 Å². The summed E-state index contributed by atoms with van der Waals surface area (Å²) in [6, 6.07) is 18.5. The van der Waals surface area contributed by atoms with E-state index in [-0.39, 0.29) is 5.97 Å². The van der Waals surface area contributed by atoms with Crippen LogP contribution in [0.3, 0.4) is 0 Å². The Morgan fingerprint density at radius 2 is 1.37 bits per heavy atom. The zero-order valence-corrected chi connectivity index (χ0v) is 17.4. The average Bonchev–Trinajstić information content (AvgIpc) is 2.78. The summed E-state index contributed by atoms with van der Waals surface area (Å²) in [6.07, 6.45) is 8.11. The van der Waals surface area contributed by atoms with Gasteiger partial charge < -0.3 is 9.47 Å². The van der Waals surface area contributed by atoms with Gasteiger partial charge in [-0.25, -0.2) is 13.9 Å². The first-order valence-corrected chi connectivity index (χ1v) is 10.0. The number of hydrogen-bond donors (Lipinski definition) is 0. The van der Waals surface area contributed by atoms with Crippen LogP contribution in [0.25, 0.3) is 11.1 Å². The highest BCUT2D eigenvalue weighted by molar-refractivity contribution is 5.86. The van der Waals surface area contributed by atoms with Gasteiger partial charge in [-0.3, -0.25) is 0 Å². The topological polar surface area (TPSA) is 43.3 Å². The van der Waals surface area contributed by atoms with Gasteiger partial charge in [-0.15, -0.1) is 0 Å². The first-order chi connectivity index (χ1) is 14.6. The SMILES string of the molecule is C=C(C)C(=O)OCC[n+]1ccc(-c2cc[n+](CCOCc3ccccc3)cc2)cc1. The van der Waals surface area contributed by atoms with Gasteiger partial charge in [-0.05, 0) is 23.6 Å². The Morgan fingerprint density at radius 1 is 0.833 bits per heavy atom. The quantitative estimate of drug-likeness (QED) is 0.225. The standard InChI is InChI=1S/C25H28N2O3/c1-21(2)25(28)30-19-17-27-14-10-24(11-15-27)23-8-12-26(13-9-23)16-18-29-20-22-6-4-3-5-7-22/h3-15H,1,16-20H2,2H3/q+2. The van der Waals surface area contributed by atoms with Gasteiger partial charge in [0.05, 0.1) is 6.61 Å². The summed E-state index contributed by atoms with van der Waals surface area (Å²) in [5.74, 6) is -0.352. The highest BCUT2D eigenvalue weighted by Crippen LogP contribution is 2.15. The van der Waals surface area contributed by atoms with Crippen LogP contribution >= 0.6 is 0 Å². The van der Waals surface area contributed by atoms with Crippen LogP contribution in [0.5, 0.6) is 0 Å². The van der Waals surface area contributed by atoms with Crippen molar-refractivity contribution < 1.29 is 23.4 Å². The molecular weight excluding hydrogens is 376 g/mol. The summed E-state index contributed by atoms with van der Waals surface area (Å²) in [4.78, 5) is 11.4. The molecule has 2 aromatic heterocycles. The number of nitrogens with zero attached hydrogens (tertiary/aromatic N) is 2. The van der Waals surface area contributed by atoms with E-state index < -0.39 is 0 Å². The third-order valence-corrected chi connectivity index (χ3v) is 4.65. The number of esters is 1. The summed E-state index contributed by atoms with van der Waals surface area (Å²) in [5, 5.41) is 0. The normalized spacial score (nSPS) is 10.6. The third-order valence-electron chi connectivity index (χ3n) is 4.65. The van der Waals surface area contributed by atoms with Crippen molar-refractivity contribution >= 4 is 5.97 Å². The first kappa shape index (κ1) is 21.4. The lowest BCUT2D eigenvalue weighted by Gasteiger charge is -2.04. The van der Waals surface area contributed by atoms with Crippen LogP contribution in [0.4, 0.5) is 0 Å². The minimum atomic E-state index is -0.352. The van der Waals surface area contributed by atoms with Gasteiger partial charge in [0.15, 0.2) is 44.5 Å². The molecule has 5 heteroatoms. The Bertz CT molecular complexity index is 952. The van der Waals surface area contributed by atoms with Crippen molar-refractivity contribution in [1.82, 2.24) is 0 Å². The molecule has 0 saturated heterocycles. The Balaban J connectivity index is 1.44. The van der Waals surface area contributed by atoms with Crippen molar-refractivity contribution in [2.75, 3.05) is 13.2 Å². The van der Waals surface area contributed by atoms with E-state index >= 15 is 0 Å². The lowest BCUT2D eigenvalue weighted by molar-refractivity contribution is -0.698. The van der Waals surface area contributed by atoms with Crippen LogP contribution in [0.2, 0.25) is 0 Å². The van der Waals surface area contributed by atoms with Gasteiger partial charge in [0.1, 0.15) is 6.61 Å². The Labute approximate surface area is 177 Å². The van der Waals surface area contributed by atoms with E-state index in [1.165, 1.54) is 5.56 Å². The summed E-state index contributed by atoms with van der Waals surface area (Å²) in [6.45, 7) is 8.27. The zero-order valence-electron chi connectivity index (χ0n) is 17.4. The van der Waals surface area contributed by atoms with E-state index in [9.17, 15) is 4.79 Å². The highest BCUT2D eigenvalue weighted by Gasteiger charge is 2.08. The largest absolute Gasteiger partial charge is 0.456 e. The van der Waals surface area contributed by atoms with Gasteiger partial charge in [-0.1, -0.05) is 36.9 Å². The van der Waals surface area contributed by atoms with E-state index in [1.54, 1.807) is 6.92 Å². The minimum absolute atomic E-state index is 0.327. The van der Waals surface area contributed by atoms with Crippen LogP contribution in [-0.4, -0.2) is 19.2 Å². The van der Waals surface area contributed by atoms with Crippen molar-refractivity contribution in [2.45, 2.75) is 26.6 Å². The highest BCUT2D eigenvalue weighted by atomic mass is 16.5. The summed E-state index contributed by atoms with van der Waals surface area (Å²) in [7, 11) is 0. The van der Waals surface area contributed by atoms with Crippen molar-refractivity contribution in [3.63, 3.8) is 0 Å². The molecule has 0 saturated carbocycles. The predicted molar refractivity (Wildman–Crippen MR) is 114 cm³/mol. The summed E-state index contributed by atoms with van der Waals surface area (Å²) >= 11 is 0. The summed E-state index contributed by atoms with van der Waals surface area (Å²) < 4.78 is 15.0. The molecule has 30 heavy (non-hydrogen) atoms. The van der Waals surface area contributed by atoms with E-state index in [0.29, 0.717) is 31.9 Å². The molecule has 2 heterocycles. The second kappa shape index (κ2) is 11.0.